The largest absolute Gasteiger partial charge is 0.306 e. The number of piperidine rings is 1. The molecule has 122 valence electrons. The van der Waals surface area contributed by atoms with Gasteiger partial charge in [0.15, 0.2) is 0 Å². The maximum absolute atomic E-state index is 10.7. The Morgan fingerprint density at radius 3 is 1.90 bits per heavy atom. The lowest BCUT2D eigenvalue weighted by molar-refractivity contribution is -0.112. The Kier molecular flexibility index (Phi) is 7.18. The molecule has 2 saturated heterocycles. The first-order valence-electron chi connectivity index (χ1n) is 9.10. The number of rotatable bonds is 3. The van der Waals surface area contributed by atoms with Crippen LogP contribution in [0.5, 0.6) is 0 Å². The molecule has 0 aromatic carbocycles. The van der Waals surface area contributed by atoms with E-state index in [1.807, 2.05) is 0 Å². The van der Waals surface area contributed by atoms with Crippen LogP contribution < -0.4 is 0 Å². The maximum atomic E-state index is 10.7. The lowest BCUT2D eigenvalue weighted by Crippen LogP contribution is -2.43. The van der Waals surface area contributed by atoms with Crippen LogP contribution in [0.25, 0.3) is 0 Å². The third-order valence-electron chi connectivity index (χ3n) is 5.76. The van der Waals surface area contributed by atoms with Gasteiger partial charge in [0.05, 0.1) is 0 Å². The smallest absolute Gasteiger partial charge is 0.123 e. The molecule has 1 saturated carbocycles. The van der Waals surface area contributed by atoms with Crippen LogP contribution in [0.15, 0.2) is 0 Å². The van der Waals surface area contributed by atoms with E-state index in [2.05, 4.69) is 23.8 Å². The SMILES string of the molecule is CCC1CCN(C2CCC(C=O)CC2)CC1.CN1CCC1. The highest BCUT2D eigenvalue weighted by Crippen LogP contribution is 2.30. The average molecular weight is 294 g/mol. The zero-order valence-corrected chi connectivity index (χ0v) is 14.1. The fourth-order valence-electron chi connectivity index (χ4n) is 3.80. The summed E-state index contributed by atoms with van der Waals surface area (Å²) in [6.45, 7) is 7.56. The van der Waals surface area contributed by atoms with Crippen LogP contribution in [-0.2, 0) is 4.79 Å². The number of hydrogen-bond acceptors (Lipinski definition) is 3. The van der Waals surface area contributed by atoms with Crippen LogP contribution >= 0.6 is 0 Å². The normalized spacial score (nSPS) is 31.9. The van der Waals surface area contributed by atoms with Crippen molar-refractivity contribution < 1.29 is 4.79 Å². The van der Waals surface area contributed by atoms with Gasteiger partial charge >= 0.3 is 0 Å². The van der Waals surface area contributed by atoms with Crippen molar-refractivity contribution in [3.63, 3.8) is 0 Å². The molecule has 3 fully saturated rings. The van der Waals surface area contributed by atoms with Gasteiger partial charge in [-0.15, -0.1) is 0 Å². The number of hydrogen-bond donors (Lipinski definition) is 0. The summed E-state index contributed by atoms with van der Waals surface area (Å²) in [4.78, 5) is 15.7. The molecule has 0 unspecified atom stereocenters. The molecule has 0 radical (unpaired) electrons. The van der Waals surface area contributed by atoms with Crippen LogP contribution in [0.3, 0.4) is 0 Å². The second kappa shape index (κ2) is 8.89. The lowest BCUT2D eigenvalue weighted by Gasteiger charge is -2.40. The van der Waals surface area contributed by atoms with Gasteiger partial charge in [0.1, 0.15) is 6.29 Å². The van der Waals surface area contributed by atoms with Crippen LogP contribution in [0.4, 0.5) is 0 Å². The standard InChI is InChI=1S/C14H25NO.C4H9N/c1-2-12-7-9-15(10-8-12)14-5-3-13(11-16)4-6-14;1-5-3-2-4-5/h11-14H,2-10H2,1H3;2-4H2,1H3. The highest BCUT2D eigenvalue weighted by atomic mass is 16.1. The molecule has 0 bridgehead atoms. The quantitative estimate of drug-likeness (QED) is 0.747. The first-order chi connectivity index (χ1) is 10.2. The Labute approximate surface area is 131 Å². The minimum atomic E-state index is 0.365. The summed E-state index contributed by atoms with van der Waals surface area (Å²) in [5, 5.41) is 0. The maximum Gasteiger partial charge on any atom is 0.123 e. The van der Waals surface area contributed by atoms with E-state index < -0.39 is 0 Å². The van der Waals surface area contributed by atoms with E-state index in [0.29, 0.717) is 5.92 Å². The van der Waals surface area contributed by atoms with Crippen molar-refractivity contribution in [3.8, 4) is 0 Å². The second-order valence-corrected chi connectivity index (χ2v) is 7.25. The molecule has 0 amide bonds. The van der Waals surface area contributed by atoms with Gasteiger partial charge in [-0.2, -0.15) is 0 Å². The van der Waals surface area contributed by atoms with Crippen LogP contribution in [0.2, 0.25) is 0 Å². The first kappa shape index (κ1) is 17.0. The fourth-order valence-corrected chi connectivity index (χ4v) is 3.80. The molecule has 0 aromatic heterocycles. The van der Waals surface area contributed by atoms with Crippen LogP contribution in [0, 0.1) is 11.8 Å². The van der Waals surface area contributed by atoms with Crippen LogP contribution in [-0.4, -0.2) is 55.4 Å². The molecule has 0 spiro atoms. The molecule has 1 aliphatic carbocycles. The van der Waals surface area contributed by atoms with E-state index in [1.54, 1.807) is 0 Å². The topological polar surface area (TPSA) is 23.6 Å². The molecule has 0 atom stereocenters. The van der Waals surface area contributed by atoms with Gasteiger partial charge in [-0.3, -0.25) is 0 Å². The average Bonchev–Trinajstić information content (AvgIpc) is 2.54. The molecule has 0 N–H and O–H groups in total. The Hall–Kier alpha value is -0.410. The molecular weight excluding hydrogens is 260 g/mol. The van der Waals surface area contributed by atoms with Gasteiger partial charge in [0.2, 0.25) is 0 Å². The predicted octanol–water partition coefficient (Wildman–Crippen LogP) is 3.19. The lowest BCUT2D eigenvalue weighted by atomic mass is 9.84. The molecular formula is C18H34N2O. The third-order valence-corrected chi connectivity index (χ3v) is 5.76. The molecule has 2 heterocycles. The van der Waals surface area contributed by atoms with Gasteiger partial charge < -0.3 is 14.6 Å². The Bertz CT molecular complexity index is 288. The minimum absolute atomic E-state index is 0.365. The van der Waals surface area contributed by atoms with Crippen molar-refractivity contribution in [1.29, 1.82) is 0 Å². The van der Waals surface area contributed by atoms with E-state index in [0.717, 1.165) is 24.8 Å². The van der Waals surface area contributed by atoms with Crippen LogP contribution in [0.1, 0.15) is 58.3 Å². The summed E-state index contributed by atoms with van der Waals surface area (Å²) in [6.07, 6.45) is 11.5. The molecule has 2 aliphatic heterocycles. The molecule has 3 aliphatic rings. The Morgan fingerprint density at radius 2 is 1.52 bits per heavy atom. The summed E-state index contributed by atoms with van der Waals surface area (Å²) in [6, 6.07) is 0.786. The van der Waals surface area contributed by atoms with Gasteiger partial charge in [-0.25, -0.2) is 0 Å². The molecule has 21 heavy (non-hydrogen) atoms. The van der Waals surface area contributed by atoms with Gasteiger partial charge in [-0.1, -0.05) is 13.3 Å². The van der Waals surface area contributed by atoms with Crippen molar-refractivity contribution in [2.45, 2.75) is 64.3 Å². The number of carbonyl (C=O) groups excluding carboxylic acids is 1. The Balaban J connectivity index is 0.000000272. The zero-order valence-electron chi connectivity index (χ0n) is 14.1. The van der Waals surface area contributed by atoms with Crippen molar-refractivity contribution in [2.75, 3.05) is 33.2 Å². The third kappa shape index (κ3) is 5.37. The van der Waals surface area contributed by atoms with Crippen molar-refractivity contribution in [2.24, 2.45) is 11.8 Å². The molecule has 3 nitrogen and oxygen atoms in total. The van der Waals surface area contributed by atoms with E-state index in [1.165, 1.54) is 71.0 Å². The van der Waals surface area contributed by atoms with Crippen molar-refractivity contribution in [1.82, 2.24) is 9.80 Å². The van der Waals surface area contributed by atoms with Gasteiger partial charge in [0, 0.05) is 12.0 Å². The number of carbonyl (C=O) groups is 1. The summed E-state index contributed by atoms with van der Waals surface area (Å²) >= 11 is 0. The monoisotopic (exact) mass is 294 g/mol. The zero-order chi connectivity index (χ0) is 15.1. The summed E-state index contributed by atoms with van der Waals surface area (Å²) in [7, 11) is 2.14. The molecule has 0 aromatic rings. The first-order valence-corrected chi connectivity index (χ1v) is 9.10. The van der Waals surface area contributed by atoms with E-state index in [4.69, 9.17) is 0 Å². The fraction of sp³-hybridized carbons (Fsp3) is 0.944. The predicted molar refractivity (Wildman–Crippen MR) is 88.5 cm³/mol. The summed E-state index contributed by atoms with van der Waals surface area (Å²) < 4.78 is 0. The van der Waals surface area contributed by atoms with E-state index in [-0.39, 0.29) is 0 Å². The van der Waals surface area contributed by atoms with Gasteiger partial charge in [-0.05, 0) is 84.1 Å². The second-order valence-electron chi connectivity index (χ2n) is 7.25. The highest BCUT2D eigenvalue weighted by Gasteiger charge is 2.28. The summed E-state index contributed by atoms with van der Waals surface area (Å²) in [5.74, 6) is 1.34. The summed E-state index contributed by atoms with van der Waals surface area (Å²) in [5.41, 5.74) is 0. The Morgan fingerprint density at radius 1 is 0.952 bits per heavy atom. The van der Waals surface area contributed by atoms with E-state index >= 15 is 0 Å². The van der Waals surface area contributed by atoms with Crippen molar-refractivity contribution >= 4 is 6.29 Å². The number of likely N-dealkylation sites (tertiary alicyclic amines) is 2. The number of nitrogens with zero attached hydrogens (tertiary/aromatic N) is 2. The molecule has 3 heteroatoms. The highest BCUT2D eigenvalue weighted by molar-refractivity contribution is 5.53. The van der Waals surface area contributed by atoms with Crippen molar-refractivity contribution in [3.05, 3.63) is 0 Å². The molecule has 3 rings (SSSR count). The minimum Gasteiger partial charge on any atom is -0.306 e. The van der Waals surface area contributed by atoms with E-state index in [9.17, 15) is 4.79 Å². The number of aldehydes is 1. The van der Waals surface area contributed by atoms with Gasteiger partial charge in [0.25, 0.3) is 0 Å².